The molecule has 0 spiro atoms. The maximum absolute atomic E-state index is 11.7. The summed E-state index contributed by atoms with van der Waals surface area (Å²) < 4.78 is 5.70. The van der Waals surface area contributed by atoms with E-state index in [9.17, 15) is 14.7 Å². The van der Waals surface area contributed by atoms with E-state index in [0.717, 1.165) is 5.56 Å². The summed E-state index contributed by atoms with van der Waals surface area (Å²) in [6, 6.07) is 13.8. The molecule has 7 nitrogen and oxygen atoms in total. The van der Waals surface area contributed by atoms with Crippen molar-refractivity contribution in [3.05, 3.63) is 75.2 Å². The number of ether oxygens (including phenoxy) is 1. The van der Waals surface area contributed by atoms with Gasteiger partial charge in [0.2, 0.25) is 5.75 Å². The molecule has 0 bridgehead atoms. The van der Waals surface area contributed by atoms with Crippen molar-refractivity contribution in [1.29, 1.82) is 0 Å². The van der Waals surface area contributed by atoms with Gasteiger partial charge in [-0.2, -0.15) is 0 Å². The van der Waals surface area contributed by atoms with Crippen LogP contribution in [0.5, 0.6) is 11.5 Å². The molecule has 0 fully saturated rings. The normalized spacial score (nSPS) is 10.5. The summed E-state index contributed by atoms with van der Waals surface area (Å²) in [5.74, 6) is -1.91. The summed E-state index contributed by atoms with van der Waals surface area (Å²) in [5.41, 5.74) is -0.279. The zero-order valence-electron chi connectivity index (χ0n) is 13.3. The first-order chi connectivity index (χ1) is 12.4. The highest BCUT2D eigenvalue weighted by atomic mass is 35.5. The molecule has 0 unspecified atom stereocenters. The van der Waals surface area contributed by atoms with Gasteiger partial charge in [-0.25, -0.2) is 9.78 Å². The second-order valence-corrected chi connectivity index (χ2v) is 5.80. The lowest BCUT2D eigenvalue weighted by molar-refractivity contribution is 0.0686. The van der Waals surface area contributed by atoms with Crippen LogP contribution in [0.3, 0.4) is 0 Å². The quantitative estimate of drug-likeness (QED) is 0.634. The molecule has 0 aliphatic carbocycles. The molecule has 3 N–H and O–H groups in total. The van der Waals surface area contributed by atoms with E-state index in [1.165, 1.54) is 0 Å². The number of aromatic hydroxyl groups is 1. The first-order valence-corrected chi connectivity index (χ1v) is 7.86. The number of benzene rings is 2. The third kappa shape index (κ3) is 3.84. The number of carboxylic acid groups (broad SMARTS) is 1. The van der Waals surface area contributed by atoms with E-state index in [0.29, 0.717) is 22.9 Å². The number of carboxylic acids is 1. The first kappa shape index (κ1) is 17.5. The van der Waals surface area contributed by atoms with Crippen molar-refractivity contribution in [2.24, 2.45) is 0 Å². The second-order valence-electron chi connectivity index (χ2n) is 5.36. The number of hydrogen-bond donors (Lipinski definition) is 3. The average molecular weight is 373 g/mol. The molecule has 0 saturated heterocycles. The maximum Gasteiger partial charge on any atom is 0.358 e. The summed E-state index contributed by atoms with van der Waals surface area (Å²) in [7, 11) is 0. The zero-order chi connectivity index (χ0) is 18.7. The molecule has 132 valence electrons. The third-order valence-electron chi connectivity index (χ3n) is 3.52. The fraction of sp³-hybridized carbons (Fsp3) is 0.0556. The van der Waals surface area contributed by atoms with E-state index in [1.54, 1.807) is 36.4 Å². The molecule has 0 atom stereocenters. The Kier molecular flexibility index (Phi) is 4.90. The van der Waals surface area contributed by atoms with Crippen LogP contribution >= 0.6 is 11.6 Å². The molecule has 2 aromatic carbocycles. The number of halogens is 1. The molecule has 0 aliphatic rings. The molecule has 26 heavy (non-hydrogen) atoms. The number of nitrogens with one attached hydrogen (secondary N) is 1. The molecule has 0 radical (unpaired) electrons. The van der Waals surface area contributed by atoms with Gasteiger partial charge in [-0.05, 0) is 29.8 Å². The van der Waals surface area contributed by atoms with E-state index in [-0.39, 0.29) is 5.82 Å². The Morgan fingerprint density at radius 2 is 1.92 bits per heavy atom. The van der Waals surface area contributed by atoms with E-state index in [1.807, 2.05) is 12.1 Å². The molecule has 0 amide bonds. The molecule has 0 saturated carbocycles. The number of carbonyl (C=O) groups is 1. The van der Waals surface area contributed by atoms with E-state index < -0.39 is 23.0 Å². The number of H-pyrrole nitrogens is 1. The van der Waals surface area contributed by atoms with Gasteiger partial charge in [0.1, 0.15) is 18.2 Å². The Bertz CT molecular complexity index is 1010. The summed E-state index contributed by atoms with van der Waals surface area (Å²) in [4.78, 5) is 28.9. The van der Waals surface area contributed by atoms with Gasteiger partial charge in [0.25, 0.3) is 5.56 Å². The molecule has 1 aromatic heterocycles. The molecular formula is C18H13ClN2O5. The lowest BCUT2D eigenvalue weighted by atomic mass is 10.2. The molecule has 3 aromatic rings. The number of aromatic amines is 1. The highest BCUT2D eigenvalue weighted by Gasteiger charge is 2.17. The minimum absolute atomic E-state index is 0.0159. The van der Waals surface area contributed by atoms with E-state index in [2.05, 4.69) is 9.97 Å². The van der Waals surface area contributed by atoms with Crippen LogP contribution in [-0.4, -0.2) is 26.2 Å². The van der Waals surface area contributed by atoms with Crippen LogP contribution in [0.1, 0.15) is 16.1 Å². The van der Waals surface area contributed by atoms with Crippen molar-refractivity contribution in [2.75, 3.05) is 0 Å². The Morgan fingerprint density at radius 3 is 2.62 bits per heavy atom. The summed E-state index contributed by atoms with van der Waals surface area (Å²) >= 11 is 5.84. The van der Waals surface area contributed by atoms with Gasteiger partial charge in [-0.15, -0.1) is 0 Å². The van der Waals surface area contributed by atoms with Gasteiger partial charge in [0.05, 0.1) is 0 Å². The van der Waals surface area contributed by atoms with Crippen LogP contribution in [0.15, 0.2) is 53.3 Å². The van der Waals surface area contributed by atoms with Gasteiger partial charge < -0.3 is 19.9 Å². The average Bonchev–Trinajstić information content (AvgIpc) is 2.63. The Morgan fingerprint density at radius 1 is 1.19 bits per heavy atom. The largest absolute Gasteiger partial charge is 0.501 e. The van der Waals surface area contributed by atoms with E-state index >= 15 is 0 Å². The zero-order valence-corrected chi connectivity index (χ0v) is 14.0. The number of hydrogen-bond acceptors (Lipinski definition) is 5. The van der Waals surface area contributed by atoms with Crippen molar-refractivity contribution in [3.63, 3.8) is 0 Å². The lowest BCUT2D eigenvalue weighted by Gasteiger charge is -2.09. The molecule has 0 aliphatic heterocycles. The fourth-order valence-electron chi connectivity index (χ4n) is 2.23. The smallest absolute Gasteiger partial charge is 0.358 e. The predicted octanol–water partition coefficient (Wildman–Crippen LogP) is 3.07. The summed E-state index contributed by atoms with van der Waals surface area (Å²) in [6.07, 6.45) is 0. The molecular weight excluding hydrogens is 360 g/mol. The monoisotopic (exact) mass is 372 g/mol. The lowest BCUT2D eigenvalue weighted by Crippen LogP contribution is -2.15. The van der Waals surface area contributed by atoms with Gasteiger partial charge in [0.15, 0.2) is 5.69 Å². The Labute approximate surface area is 152 Å². The number of aromatic nitrogens is 2. The number of rotatable bonds is 5. The van der Waals surface area contributed by atoms with Crippen molar-refractivity contribution in [2.45, 2.75) is 6.61 Å². The van der Waals surface area contributed by atoms with Crippen LogP contribution in [0, 0.1) is 0 Å². The Balaban J connectivity index is 1.86. The standard InChI is InChI=1S/C18H13ClN2O5/c19-12-6-4-10(5-7-12)9-26-13-3-1-2-11(8-13)16-20-14(18(24)25)15(22)17(23)21-16/h1-8,22H,9H2,(H,24,25)(H,20,21,23). The first-order valence-electron chi connectivity index (χ1n) is 7.48. The van der Waals surface area contributed by atoms with Crippen molar-refractivity contribution in [1.82, 2.24) is 9.97 Å². The van der Waals surface area contributed by atoms with Crippen LogP contribution in [0.4, 0.5) is 0 Å². The topological polar surface area (TPSA) is 113 Å². The molecule has 1 heterocycles. The summed E-state index contributed by atoms with van der Waals surface area (Å²) in [5, 5.41) is 19.2. The highest BCUT2D eigenvalue weighted by Crippen LogP contribution is 2.23. The maximum atomic E-state index is 11.7. The minimum atomic E-state index is -1.50. The van der Waals surface area contributed by atoms with Gasteiger partial charge in [0, 0.05) is 10.6 Å². The Hall–Kier alpha value is -3.32. The summed E-state index contributed by atoms with van der Waals surface area (Å²) in [6.45, 7) is 0.306. The molecule has 3 rings (SSSR count). The minimum Gasteiger partial charge on any atom is -0.501 e. The fourth-order valence-corrected chi connectivity index (χ4v) is 2.36. The van der Waals surface area contributed by atoms with Crippen molar-refractivity contribution < 1.29 is 19.7 Å². The number of nitrogens with zero attached hydrogens (tertiary/aromatic N) is 1. The highest BCUT2D eigenvalue weighted by molar-refractivity contribution is 6.30. The van der Waals surface area contributed by atoms with E-state index in [4.69, 9.17) is 21.4 Å². The van der Waals surface area contributed by atoms with Crippen LogP contribution in [0.2, 0.25) is 5.02 Å². The second kappa shape index (κ2) is 7.28. The molecule has 8 heteroatoms. The van der Waals surface area contributed by atoms with Crippen LogP contribution < -0.4 is 10.3 Å². The van der Waals surface area contributed by atoms with Gasteiger partial charge >= 0.3 is 5.97 Å². The number of aromatic carboxylic acids is 1. The van der Waals surface area contributed by atoms with Gasteiger partial charge in [-0.1, -0.05) is 35.9 Å². The van der Waals surface area contributed by atoms with Crippen molar-refractivity contribution in [3.8, 4) is 22.9 Å². The van der Waals surface area contributed by atoms with Crippen LogP contribution in [0.25, 0.3) is 11.4 Å². The van der Waals surface area contributed by atoms with Gasteiger partial charge in [-0.3, -0.25) is 4.79 Å². The van der Waals surface area contributed by atoms with Crippen LogP contribution in [-0.2, 0) is 6.61 Å². The SMILES string of the molecule is O=C(O)c1nc(-c2cccc(OCc3ccc(Cl)cc3)c2)[nH]c(=O)c1O. The van der Waals surface area contributed by atoms with Crippen molar-refractivity contribution >= 4 is 17.6 Å². The predicted molar refractivity (Wildman–Crippen MR) is 94.7 cm³/mol. The third-order valence-corrected chi connectivity index (χ3v) is 3.78.